The van der Waals surface area contributed by atoms with Gasteiger partial charge in [-0.25, -0.2) is 4.98 Å². The lowest BCUT2D eigenvalue weighted by molar-refractivity contribution is 0.208. The zero-order valence-corrected chi connectivity index (χ0v) is 15.7. The van der Waals surface area contributed by atoms with Gasteiger partial charge in [0.1, 0.15) is 5.82 Å². The van der Waals surface area contributed by atoms with Gasteiger partial charge in [0.2, 0.25) is 0 Å². The third-order valence-electron chi connectivity index (χ3n) is 4.74. The van der Waals surface area contributed by atoms with Crippen molar-refractivity contribution in [2.24, 2.45) is 0 Å². The minimum absolute atomic E-state index is 0. The number of halogens is 1. The van der Waals surface area contributed by atoms with Gasteiger partial charge in [0.05, 0.1) is 17.3 Å². The van der Waals surface area contributed by atoms with Gasteiger partial charge in [-0.05, 0) is 30.5 Å². The summed E-state index contributed by atoms with van der Waals surface area (Å²) in [6.45, 7) is 4.19. The SMILES string of the molecule is CC(O)CNc1cc(N2CCc3ccccc3C2)c2ccccc2n1.Cl. The average Bonchev–Trinajstić information content (AvgIpc) is 2.65. The Bertz CT molecular complexity index is 897. The van der Waals surface area contributed by atoms with Crippen LogP contribution in [0.3, 0.4) is 0 Å². The highest BCUT2D eigenvalue weighted by atomic mass is 35.5. The molecule has 1 aliphatic rings. The number of anilines is 2. The first-order chi connectivity index (χ1) is 12.2. The van der Waals surface area contributed by atoms with E-state index in [1.165, 1.54) is 22.2 Å². The lowest BCUT2D eigenvalue weighted by Crippen LogP contribution is -2.30. The lowest BCUT2D eigenvalue weighted by Gasteiger charge is -2.32. The van der Waals surface area contributed by atoms with Gasteiger partial charge in [-0.3, -0.25) is 0 Å². The van der Waals surface area contributed by atoms with Gasteiger partial charge in [0.25, 0.3) is 0 Å². The van der Waals surface area contributed by atoms with Gasteiger partial charge in [-0.15, -0.1) is 12.4 Å². The molecule has 4 nitrogen and oxygen atoms in total. The molecule has 3 aromatic rings. The van der Waals surface area contributed by atoms with Gasteiger partial charge >= 0.3 is 0 Å². The molecule has 0 fully saturated rings. The first-order valence-electron chi connectivity index (χ1n) is 8.84. The molecule has 0 radical (unpaired) electrons. The second-order valence-corrected chi connectivity index (χ2v) is 6.71. The summed E-state index contributed by atoms with van der Waals surface area (Å²) in [5.74, 6) is 0.813. The highest BCUT2D eigenvalue weighted by molar-refractivity contribution is 5.93. The van der Waals surface area contributed by atoms with E-state index in [0.717, 1.165) is 30.8 Å². The van der Waals surface area contributed by atoms with E-state index in [1.54, 1.807) is 6.92 Å². The van der Waals surface area contributed by atoms with Crippen LogP contribution in [0.15, 0.2) is 54.6 Å². The number of pyridine rings is 1. The van der Waals surface area contributed by atoms with Crippen LogP contribution < -0.4 is 10.2 Å². The smallest absolute Gasteiger partial charge is 0.128 e. The van der Waals surface area contributed by atoms with Crippen LogP contribution in [-0.2, 0) is 13.0 Å². The summed E-state index contributed by atoms with van der Waals surface area (Å²) in [6, 6.07) is 19.1. The summed E-state index contributed by atoms with van der Waals surface area (Å²) in [6.07, 6.45) is 0.655. The number of aliphatic hydroxyl groups excluding tert-OH is 1. The topological polar surface area (TPSA) is 48.4 Å². The number of nitrogens with one attached hydrogen (secondary N) is 1. The number of nitrogens with zero attached hydrogens (tertiary/aromatic N) is 2. The number of rotatable bonds is 4. The predicted octanol–water partition coefficient (Wildman–Crippen LogP) is 4.01. The third kappa shape index (κ3) is 3.76. The van der Waals surface area contributed by atoms with E-state index in [4.69, 9.17) is 4.98 Å². The number of aromatic nitrogens is 1. The van der Waals surface area contributed by atoms with E-state index in [0.29, 0.717) is 6.54 Å². The van der Waals surface area contributed by atoms with Crippen molar-refractivity contribution in [2.45, 2.75) is 26.0 Å². The summed E-state index contributed by atoms with van der Waals surface area (Å²) in [4.78, 5) is 7.13. The van der Waals surface area contributed by atoms with Crippen LogP contribution in [-0.4, -0.2) is 29.3 Å². The van der Waals surface area contributed by atoms with Crippen LogP contribution in [0.25, 0.3) is 10.9 Å². The molecule has 0 aliphatic carbocycles. The maximum Gasteiger partial charge on any atom is 0.128 e. The molecule has 0 saturated carbocycles. The quantitative estimate of drug-likeness (QED) is 0.729. The predicted molar refractivity (Wildman–Crippen MR) is 110 cm³/mol. The van der Waals surface area contributed by atoms with Crippen molar-refractivity contribution in [1.82, 2.24) is 4.98 Å². The Morgan fingerprint density at radius 2 is 1.85 bits per heavy atom. The van der Waals surface area contributed by atoms with E-state index in [9.17, 15) is 5.11 Å². The summed E-state index contributed by atoms with van der Waals surface area (Å²) in [5, 5.41) is 14.0. The number of fused-ring (bicyclic) bond motifs is 2. The Morgan fingerprint density at radius 1 is 1.12 bits per heavy atom. The molecule has 1 aromatic heterocycles. The summed E-state index contributed by atoms with van der Waals surface area (Å²) in [5.41, 5.74) is 5.03. The van der Waals surface area contributed by atoms with Crippen molar-refractivity contribution in [2.75, 3.05) is 23.3 Å². The highest BCUT2D eigenvalue weighted by Crippen LogP contribution is 2.32. The molecule has 2 N–H and O–H groups in total. The lowest BCUT2D eigenvalue weighted by atomic mass is 9.99. The molecule has 0 saturated heterocycles. The molecule has 2 aromatic carbocycles. The van der Waals surface area contributed by atoms with E-state index in [1.807, 2.05) is 12.1 Å². The molecule has 4 rings (SSSR count). The van der Waals surface area contributed by atoms with Crippen molar-refractivity contribution in [3.8, 4) is 0 Å². The van der Waals surface area contributed by atoms with E-state index in [-0.39, 0.29) is 12.4 Å². The molecule has 136 valence electrons. The second-order valence-electron chi connectivity index (χ2n) is 6.71. The summed E-state index contributed by atoms with van der Waals surface area (Å²) in [7, 11) is 0. The van der Waals surface area contributed by atoms with Crippen LogP contribution in [0.5, 0.6) is 0 Å². The summed E-state index contributed by atoms with van der Waals surface area (Å²) < 4.78 is 0. The molecule has 0 amide bonds. The first-order valence-corrected chi connectivity index (χ1v) is 8.84. The number of hydrogen-bond acceptors (Lipinski definition) is 4. The number of benzene rings is 2. The molecule has 0 bridgehead atoms. The Hall–Kier alpha value is -2.30. The maximum atomic E-state index is 9.55. The Kier molecular flexibility index (Phi) is 5.64. The van der Waals surface area contributed by atoms with Gasteiger partial charge in [-0.2, -0.15) is 0 Å². The molecule has 26 heavy (non-hydrogen) atoms. The van der Waals surface area contributed by atoms with Crippen LogP contribution in [0, 0.1) is 0 Å². The Balaban J connectivity index is 0.00000196. The molecule has 1 unspecified atom stereocenters. The van der Waals surface area contributed by atoms with Gasteiger partial charge < -0.3 is 15.3 Å². The van der Waals surface area contributed by atoms with Crippen molar-refractivity contribution in [1.29, 1.82) is 0 Å². The van der Waals surface area contributed by atoms with Crippen LogP contribution >= 0.6 is 12.4 Å². The normalized spacial score (nSPS) is 14.5. The average molecular weight is 370 g/mol. The number of hydrogen-bond donors (Lipinski definition) is 2. The molecule has 5 heteroatoms. The van der Waals surface area contributed by atoms with Crippen molar-refractivity contribution in [3.63, 3.8) is 0 Å². The zero-order chi connectivity index (χ0) is 17.2. The monoisotopic (exact) mass is 369 g/mol. The molecule has 2 heterocycles. The molecule has 1 atom stereocenters. The maximum absolute atomic E-state index is 9.55. The fraction of sp³-hybridized carbons (Fsp3) is 0.286. The summed E-state index contributed by atoms with van der Waals surface area (Å²) >= 11 is 0. The molecular formula is C21H24ClN3O. The van der Waals surface area contributed by atoms with Crippen molar-refractivity contribution >= 4 is 34.8 Å². The minimum Gasteiger partial charge on any atom is -0.392 e. The molecular weight excluding hydrogens is 346 g/mol. The van der Waals surface area contributed by atoms with E-state index in [2.05, 4.69) is 52.7 Å². The van der Waals surface area contributed by atoms with E-state index >= 15 is 0 Å². The van der Waals surface area contributed by atoms with Crippen LogP contribution in [0.2, 0.25) is 0 Å². The zero-order valence-electron chi connectivity index (χ0n) is 14.9. The fourth-order valence-corrected chi connectivity index (χ4v) is 3.46. The van der Waals surface area contributed by atoms with Crippen molar-refractivity contribution < 1.29 is 5.11 Å². The van der Waals surface area contributed by atoms with E-state index < -0.39 is 6.10 Å². The highest BCUT2D eigenvalue weighted by Gasteiger charge is 2.19. The Morgan fingerprint density at radius 3 is 2.65 bits per heavy atom. The standard InChI is InChI=1S/C21H23N3O.ClH/c1-15(25)13-22-21-12-20(18-8-4-5-9-19(18)23-21)24-11-10-16-6-2-3-7-17(16)14-24;/h2-9,12,15,25H,10-11,13-14H2,1H3,(H,22,23);1H. The second kappa shape index (κ2) is 7.94. The number of aliphatic hydroxyl groups is 1. The van der Waals surface area contributed by atoms with Gasteiger partial charge in [-0.1, -0.05) is 42.5 Å². The molecule has 1 aliphatic heterocycles. The molecule has 0 spiro atoms. The number of para-hydroxylation sites is 1. The van der Waals surface area contributed by atoms with Gasteiger partial charge in [0, 0.05) is 31.1 Å². The first kappa shape index (κ1) is 18.5. The minimum atomic E-state index is -0.404. The third-order valence-corrected chi connectivity index (χ3v) is 4.74. The van der Waals surface area contributed by atoms with Crippen LogP contribution in [0.4, 0.5) is 11.5 Å². The largest absolute Gasteiger partial charge is 0.392 e. The van der Waals surface area contributed by atoms with Gasteiger partial charge in [0.15, 0.2) is 0 Å². The van der Waals surface area contributed by atoms with Crippen LogP contribution in [0.1, 0.15) is 18.1 Å². The fourth-order valence-electron chi connectivity index (χ4n) is 3.46. The van der Waals surface area contributed by atoms with Crippen molar-refractivity contribution in [3.05, 3.63) is 65.7 Å². The Labute approximate surface area is 160 Å².